The number of aliphatic hydroxyl groups is 13. The molecule has 13 N–H and O–H groups in total. The molecule has 0 aromatic carbocycles. The van der Waals surface area contributed by atoms with E-state index in [1.165, 1.54) is 0 Å². The second-order valence-corrected chi connectivity index (χ2v) is 14.4. The van der Waals surface area contributed by atoms with Crippen LogP contribution in [0, 0.1) is 15.5 Å². The third-order valence-corrected chi connectivity index (χ3v) is 9.49. The molecule has 0 spiro atoms. The van der Waals surface area contributed by atoms with Gasteiger partial charge in [-0.05, 0) is 24.5 Å². The monoisotopic (exact) mass is 830 g/mol. The molecule has 330 valence electrons. The van der Waals surface area contributed by atoms with E-state index in [1.807, 2.05) is 6.07 Å². The Hall–Kier alpha value is -2.66. The molecule has 4 saturated heterocycles. The van der Waals surface area contributed by atoms with Gasteiger partial charge in [-0.15, -0.1) is 10.1 Å². The second kappa shape index (κ2) is 24.4. The molecule has 6 rings (SSSR count). The molecule has 0 radical (unpaired) electrons. The van der Waals surface area contributed by atoms with E-state index in [-0.39, 0.29) is 70.7 Å². The maximum atomic E-state index is 11.4. The van der Waals surface area contributed by atoms with E-state index in [9.17, 15) is 25.1 Å². The van der Waals surface area contributed by atoms with E-state index in [1.54, 1.807) is 32.3 Å². The SMILES string of the molecule is CC(C)(CO)[C@@H](O)C(=O)CCCCO.O=[N+]([O-])O[C@H]1CO[C@H]2[C@@H]1OC[C@H]2O.OC1C(O)C(O)C(O)C(O)C1O.OCc1cccnc1.O[C@@H]1CO[C@H]2[C@@H]1OC[C@@H]2O. The minimum Gasteiger partial charge on any atom is -0.396 e. The molecule has 4 aliphatic heterocycles. The maximum Gasteiger partial charge on any atom is 0.294 e. The number of pyridine rings is 1. The lowest BCUT2D eigenvalue weighted by Crippen LogP contribution is -2.63. The number of aliphatic hydroxyl groups excluding tert-OH is 13. The van der Waals surface area contributed by atoms with Crippen LogP contribution in [0.3, 0.4) is 0 Å². The molecule has 1 aromatic heterocycles. The number of unbranched alkanes of at least 4 members (excludes halogenated alkanes) is 1. The van der Waals surface area contributed by atoms with Gasteiger partial charge in [0.1, 0.15) is 85.5 Å². The molecule has 23 heteroatoms. The van der Waals surface area contributed by atoms with Gasteiger partial charge in [-0.3, -0.25) is 9.78 Å². The predicted molar refractivity (Wildman–Crippen MR) is 188 cm³/mol. The van der Waals surface area contributed by atoms with Crippen molar-refractivity contribution < 1.29 is 100 Å². The van der Waals surface area contributed by atoms with E-state index in [0.717, 1.165) is 5.56 Å². The summed E-state index contributed by atoms with van der Waals surface area (Å²) in [5.41, 5.74) is 0.0727. The molecule has 0 amide bonds. The predicted octanol–water partition coefficient (Wildman–Crippen LogP) is -5.94. The van der Waals surface area contributed by atoms with Crippen LogP contribution in [0.15, 0.2) is 24.5 Å². The lowest BCUT2D eigenvalue weighted by molar-refractivity contribution is -0.769. The van der Waals surface area contributed by atoms with Crippen LogP contribution in [0.1, 0.15) is 38.7 Å². The van der Waals surface area contributed by atoms with Crippen molar-refractivity contribution in [2.45, 2.75) is 131 Å². The number of hydrogen-bond donors (Lipinski definition) is 13. The van der Waals surface area contributed by atoms with Crippen molar-refractivity contribution in [3.05, 3.63) is 40.2 Å². The molecule has 1 saturated carbocycles. The zero-order chi connectivity index (χ0) is 43.0. The van der Waals surface area contributed by atoms with Crippen molar-refractivity contribution in [2.75, 3.05) is 39.6 Å². The number of nitrogens with zero attached hydrogens (tertiary/aromatic N) is 2. The highest BCUT2D eigenvalue weighted by atomic mass is 17.0. The smallest absolute Gasteiger partial charge is 0.294 e. The van der Waals surface area contributed by atoms with E-state index in [2.05, 4.69) is 9.82 Å². The van der Waals surface area contributed by atoms with Gasteiger partial charge in [0.15, 0.2) is 11.9 Å². The summed E-state index contributed by atoms with van der Waals surface area (Å²) in [5.74, 6) is -0.266. The van der Waals surface area contributed by atoms with Crippen molar-refractivity contribution in [1.82, 2.24) is 4.98 Å². The summed E-state index contributed by atoms with van der Waals surface area (Å²) in [6.45, 7) is 4.00. The molecular formula is C34H58N2O21. The standard InChI is InChI=1S/C10H20O4.C6H9NO6.C6H7NO.C6H12O6.C6H10O4/c1-10(2,7-12)9(14)8(13)5-3-4-6-11;8-3-1-11-6-4(13-7(9)10)2-12-5(3)6;8-5-6-2-1-3-7-4-6;7-1-2(8)4(10)6(12)5(11)3(1)9;7-3-1-9-6-4(8)2-10-5(3)6/h9,11-12,14H,3-7H2,1-2H3;3-6,8H,1-2H2;1-4,8H,5H2;1-12H;3-8H,1-2H2/t9-;3-,4+,5-,6-;;;3-,4+,5-,6-/m01..1/s1. The number of fused-ring (bicyclic) bond motifs is 2. The second-order valence-electron chi connectivity index (χ2n) is 14.4. The summed E-state index contributed by atoms with van der Waals surface area (Å²) in [7, 11) is 0. The highest BCUT2D eigenvalue weighted by Crippen LogP contribution is 2.29. The molecular weight excluding hydrogens is 772 g/mol. The number of Topliss-reactive ketones (excluding diaryl/α,β-unsaturated/α-hetero) is 1. The maximum absolute atomic E-state index is 11.4. The molecule has 5 aliphatic rings. The minimum atomic E-state index is -1.64. The number of ether oxygens (including phenoxy) is 4. The zero-order valence-electron chi connectivity index (χ0n) is 31.5. The average molecular weight is 831 g/mol. The molecule has 23 nitrogen and oxygen atoms in total. The zero-order valence-corrected chi connectivity index (χ0v) is 31.5. The van der Waals surface area contributed by atoms with Crippen LogP contribution in [0.2, 0.25) is 0 Å². The van der Waals surface area contributed by atoms with Crippen molar-refractivity contribution in [2.24, 2.45) is 5.41 Å². The lowest BCUT2D eigenvalue weighted by Gasteiger charge is -2.39. The van der Waals surface area contributed by atoms with E-state index >= 15 is 0 Å². The van der Waals surface area contributed by atoms with Crippen molar-refractivity contribution in [3.8, 4) is 0 Å². The average Bonchev–Trinajstić information content (AvgIpc) is 3.98. The quantitative estimate of drug-likeness (QED) is 0.0593. The molecule has 5 heterocycles. The lowest BCUT2D eigenvalue weighted by atomic mass is 9.84. The first-order chi connectivity index (χ1) is 26.8. The Labute approximate surface area is 327 Å². The van der Waals surface area contributed by atoms with Crippen molar-refractivity contribution in [3.63, 3.8) is 0 Å². The fraction of sp³-hybridized carbons (Fsp3) is 0.824. The fourth-order valence-corrected chi connectivity index (χ4v) is 5.88. The Balaban J connectivity index is 0.000000248. The molecule has 57 heavy (non-hydrogen) atoms. The molecule has 1 aliphatic carbocycles. The summed E-state index contributed by atoms with van der Waals surface area (Å²) >= 11 is 0. The van der Waals surface area contributed by atoms with Gasteiger partial charge in [0.2, 0.25) is 0 Å². The van der Waals surface area contributed by atoms with Gasteiger partial charge in [-0.1, -0.05) is 19.9 Å². The van der Waals surface area contributed by atoms with Crippen LogP contribution in [-0.4, -0.2) is 213 Å². The highest BCUT2D eigenvalue weighted by Gasteiger charge is 2.49. The minimum absolute atomic E-state index is 0.0623. The number of aromatic nitrogens is 1. The Morgan fingerprint density at radius 2 is 1.23 bits per heavy atom. The fourth-order valence-electron chi connectivity index (χ4n) is 5.88. The van der Waals surface area contributed by atoms with Gasteiger partial charge in [0, 0.05) is 30.8 Å². The molecule has 5 fully saturated rings. The number of rotatable bonds is 10. The molecule has 1 aromatic rings. The van der Waals surface area contributed by atoms with Crippen molar-refractivity contribution in [1.29, 1.82) is 0 Å². The van der Waals surface area contributed by atoms with E-state index in [0.29, 0.717) is 12.8 Å². The van der Waals surface area contributed by atoms with E-state index in [4.69, 9.17) is 75.1 Å². The van der Waals surface area contributed by atoms with Crippen LogP contribution < -0.4 is 0 Å². The summed E-state index contributed by atoms with van der Waals surface area (Å²) < 4.78 is 20.3. The van der Waals surface area contributed by atoms with Gasteiger partial charge >= 0.3 is 0 Å². The Morgan fingerprint density at radius 1 is 0.789 bits per heavy atom. The number of carbonyl (C=O) groups is 1. The molecule has 9 atom stereocenters. The summed E-state index contributed by atoms with van der Waals surface area (Å²) in [6, 6.07) is 3.62. The summed E-state index contributed by atoms with van der Waals surface area (Å²) in [5, 5.41) is 126. The summed E-state index contributed by atoms with van der Waals surface area (Å²) in [6.07, 6.45) is -10.4. The van der Waals surface area contributed by atoms with Gasteiger partial charge < -0.3 is 90.2 Å². The van der Waals surface area contributed by atoms with Crippen LogP contribution in [-0.2, 0) is 35.2 Å². The molecule has 0 bridgehead atoms. The van der Waals surface area contributed by atoms with Crippen molar-refractivity contribution >= 4 is 5.78 Å². The largest absolute Gasteiger partial charge is 0.396 e. The number of carbonyl (C=O) groups excluding carboxylic acids is 1. The van der Waals surface area contributed by atoms with Gasteiger partial charge in [-0.25, -0.2) is 0 Å². The van der Waals surface area contributed by atoms with Gasteiger partial charge in [-0.2, -0.15) is 0 Å². The Morgan fingerprint density at radius 3 is 1.60 bits per heavy atom. The first kappa shape index (κ1) is 50.5. The van der Waals surface area contributed by atoms with Crippen LogP contribution in [0.25, 0.3) is 0 Å². The Kier molecular flexibility index (Phi) is 21.6. The summed E-state index contributed by atoms with van der Waals surface area (Å²) in [4.78, 5) is 29.5. The number of ketones is 1. The van der Waals surface area contributed by atoms with Crippen LogP contribution in [0.4, 0.5) is 0 Å². The molecule has 0 unspecified atom stereocenters. The van der Waals surface area contributed by atoms with Gasteiger partial charge in [0.05, 0.1) is 39.6 Å². The Bertz CT molecular complexity index is 1230. The first-order valence-corrected chi connectivity index (χ1v) is 18.1. The van der Waals surface area contributed by atoms with Gasteiger partial charge in [0.25, 0.3) is 5.09 Å². The van der Waals surface area contributed by atoms with Crippen LogP contribution >= 0.6 is 0 Å². The van der Waals surface area contributed by atoms with Crippen LogP contribution in [0.5, 0.6) is 0 Å². The third kappa shape index (κ3) is 14.8. The normalized spacial score (nSPS) is 35.6. The topological polar surface area (TPSA) is 382 Å². The first-order valence-electron chi connectivity index (χ1n) is 18.1. The highest BCUT2D eigenvalue weighted by molar-refractivity contribution is 5.83. The third-order valence-electron chi connectivity index (χ3n) is 9.49. The van der Waals surface area contributed by atoms with E-state index < -0.39 is 89.9 Å². The number of hydrogen-bond acceptors (Lipinski definition) is 22.